The van der Waals surface area contributed by atoms with Crippen molar-refractivity contribution in [3.05, 3.63) is 58.1 Å². The second kappa shape index (κ2) is 6.00. The van der Waals surface area contributed by atoms with Crippen molar-refractivity contribution in [1.82, 2.24) is 0 Å². The van der Waals surface area contributed by atoms with E-state index in [0.717, 1.165) is 28.1 Å². The highest BCUT2D eigenvalue weighted by atomic mass is 16.1. The predicted octanol–water partition coefficient (Wildman–Crippen LogP) is 4.21. The van der Waals surface area contributed by atoms with Crippen molar-refractivity contribution < 1.29 is 4.79 Å². The number of carbonyl (C=O) groups excluding carboxylic acids is 1. The van der Waals surface area contributed by atoms with E-state index >= 15 is 0 Å². The second-order valence-electron chi connectivity index (χ2n) is 5.53. The molecule has 0 heterocycles. The maximum atomic E-state index is 12.5. The Balaban J connectivity index is 2.35. The highest BCUT2D eigenvalue weighted by molar-refractivity contribution is 6.08. The Kier molecular flexibility index (Phi) is 4.32. The Labute approximate surface area is 126 Å². The lowest BCUT2D eigenvalue weighted by Crippen LogP contribution is -2.15. The van der Waals surface area contributed by atoms with Crippen molar-refractivity contribution in [2.45, 2.75) is 27.7 Å². The molecule has 0 aromatic heterocycles. The van der Waals surface area contributed by atoms with Crippen LogP contribution in [0.5, 0.6) is 0 Å². The molecule has 3 nitrogen and oxygen atoms in total. The first-order chi connectivity index (χ1) is 9.92. The zero-order chi connectivity index (χ0) is 15.6. The number of anilines is 2. The Morgan fingerprint density at radius 2 is 1.52 bits per heavy atom. The van der Waals surface area contributed by atoms with Crippen molar-refractivity contribution in [1.29, 1.82) is 0 Å². The number of benzene rings is 2. The lowest BCUT2D eigenvalue weighted by atomic mass is 10.0. The Morgan fingerprint density at radius 1 is 0.905 bits per heavy atom. The first kappa shape index (κ1) is 15.1. The van der Waals surface area contributed by atoms with Gasteiger partial charge < -0.3 is 10.6 Å². The van der Waals surface area contributed by atoms with E-state index in [2.05, 4.69) is 29.7 Å². The minimum absolute atomic E-state index is 0.0885. The first-order valence-electron chi connectivity index (χ1n) is 7.10. The summed E-state index contributed by atoms with van der Waals surface area (Å²) in [6.07, 6.45) is 0. The maximum Gasteiger partial charge on any atom is 0.257 e. The molecule has 3 heteroatoms. The van der Waals surface area contributed by atoms with E-state index < -0.39 is 0 Å². The molecule has 0 aliphatic carbocycles. The van der Waals surface area contributed by atoms with Crippen LogP contribution in [0.15, 0.2) is 30.3 Å². The van der Waals surface area contributed by atoms with Crippen LogP contribution in [-0.4, -0.2) is 13.0 Å². The van der Waals surface area contributed by atoms with Crippen molar-refractivity contribution in [2.24, 2.45) is 0 Å². The predicted molar refractivity (Wildman–Crippen MR) is 89.3 cm³/mol. The molecule has 0 aliphatic heterocycles. The number of hydrogen-bond acceptors (Lipinski definition) is 2. The van der Waals surface area contributed by atoms with Crippen molar-refractivity contribution >= 4 is 17.3 Å². The molecule has 110 valence electrons. The normalized spacial score (nSPS) is 10.3. The third-order valence-electron chi connectivity index (χ3n) is 3.60. The molecule has 2 N–H and O–H groups in total. The molecule has 0 fully saturated rings. The van der Waals surface area contributed by atoms with Gasteiger partial charge in [-0.15, -0.1) is 0 Å². The van der Waals surface area contributed by atoms with E-state index in [-0.39, 0.29) is 5.91 Å². The average Bonchev–Trinajstić information content (AvgIpc) is 2.42. The van der Waals surface area contributed by atoms with Crippen LogP contribution in [0.3, 0.4) is 0 Å². The average molecular weight is 282 g/mol. The van der Waals surface area contributed by atoms with Crippen molar-refractivity contribution in [3.63, 3.8) is 0 Å². The van der Waals surface area contributed by atoms with Crippen LogP contribution in [0.2, 0.25) is 0 Å². The molecule has 1 amide bonds. The molecule has 0 unspecified atom stereocenters. The van der Waals surface area contributed by atoms with Gasteiger partial charge in [0.15, 0.2) is 0 Å². The molecular formula is C18H22N2O. The van der Waals surface area contributed by atoms with E-state index in [9.17, 15) is 4.79 Å². The zero-order valence-corrected chi connectivity index (χ0v) is 13.3. The minimum Gasteiger partial charge on any atom is -0.387 e. The van der Waals surface area contributed by atoms with Gasteiger partial charge in [-0.25, -0.2) is 0 Å². The topological polar surface area (TPSA) is 41.1 Å². The third kappa shape index (κ3) is 3.24. The van der Waals surface area contributed by atoms with Crippen LogP contribution in [0, 0.1) is 27.7 Å². The quantitative estimate of drug-likeness (QED) is 0.885. The number of aryl methyl sites for hydroxylation is 4. The summed E-state index contributed by atoms with van der Waals surface area (Å²) in [5.74, 6) is -0.0885. The van der Waals surface area contributed by atoms with E-state index in [1.165, 1.54) is 5.56 Å². The number of rotatable bonds is 3. The van der Waals surface area contributed by atoms with E-state index in [4.69, 9.17) is 0 Å². The molecule has 2 rings (SSSR count). The zero-order valence-electron chi connectivity index (χ0n) is 13.3. The van der Waals surface area contributed by atoms with Gasteiger partial charge in [-0.1, -0.05) is 23.8 Å². The fourth-order valence-corrected chi connectivity index (χ4v) is 2.62. The molecule has 0 atom stereocenters. The summed E-state index contributed by atoms with van der Waals surface area (Å²) in [7, 11) is 1.83. The molecule has 21 heavy (non-hydrogen) atoms. The largest absolute Gasteiger partial charge is 0.387 e. The molecule has 0 radical (unpaired) electrons. The minimum atomic E-state index is -0.0885. The number of amides is 1. The van der Waals surface area contributed by atoms with E-state index in [1.54, 1.807) is 0 Å². The summed E-state index contributed by atoms with van der Waals surface area (Å²) in [6.45, 7) is 8.11. The summed E-state index contributed by atoms with van der Waals surface area (Å²) in [6, 6.07) is 9.94. The van der Waals surface area contributed by atoms with E-state index in [1.807, 2.05) is 46.0 Å². The van der Waals surface area contributed by atoms with Gasteiger partial charge in [0.2, 0.25) is 0 Å². The highest BCUT2D eigenvalue weighted by Gasteiger charge is 2.13. The van der Waals surface area contributed by atoms with Gasteiger partial charge in [-0.3, -0.25) is 4.79 Å². The standard InChI is InChI=1S/C18H22N2O/c1-11-6-7-15(16(10-11)19-5)18(21)20-17-13(3)8-12(2)9-14(17)4/h6-10,19H,1-5H3,(H,20,21). The van der Waals surface area contributed by atoms with Gasteiger partial charge in [0, 0.05) is 18.4 Å². The van der Waals surface area contributed by atoms with Crippen molar-refractivity contribution in [3.8, 4) is 0 Å². The summed E-state index contributed by atoms with van der Waals surface area (Å²) < 4.78 is 0. The summed E-state index contributed by atoms with van der Waals surface area (Å²) >= 11 is 0. The number of nitrogens with one attached hydrogen (secondary N) is 2. The van der Waals surface area contributed by atoms with Gasteiger partial charge in [0.25, 0.3) is 5.91 Å². The van der Waals surface area contributed by atoms with Crippen LogP contribution in [0.25, 0.3) is 0 Å². The monoisotopic (exact) mass is 282 g/mol. The molecule has 0 saturated carbocycles. The fourth-order valence-electron chi connectivity index (χ4n) is 2.62. The van der Waals surface area contributed by atoms with Gasteiger partial charge in [-0.05, 0) is 56.5 Å². The smallest absolute Gasteiger partial charge is 0.257 e. The highest BCUT2D eigenvalue weighted by Crippen LogP contribution is 2.24. The molecule has 0 aliphatic rings. The SMILES string of the molecule is CNc1cc(C)ccc1C(=O)Nc1c(C)cc(C)cc1C. The number of carbonyl (C=O) groups is 1. The lowest BCUT2D eigenvalue weighted by Gasteiger charge is -2.15. The van der Waals surface area contributed by atoms with Crippen LogP contribution in [0.4, 0.5) is 11.4 Å². The maximum absolute atomic E-state index is 12.5. The van der Waals surface area contributed by atoms with Gasteiger partial charge in [-0.2, -0.15) is 0 Å². The van der Waals surface area contributed by atoms with Gasteiger partial charge in [0.05, 0.1) is 5.56 Å². The van der Waals surface area contributed by atoms with Crippen LogP contribution in [0.1, 0.15) is 32.6 Å². The summed E-state index contributed by atoms with van der Waals surface area (Å²) in [5.41, 5.74) is 6.89. The van der Waals surface area contributed by atoms with Gasteiger partial charge >= 0.3 is 0 Å². The fraction of sp³-hybridized carbons (Fsp3) is 0.278. The molecule has 0 spiro atoms. The first-order valence-corrected chi connectivity index (χ1v) is 7.10. The van der Waals surface area contributed by atoms with Crippen LogP contribution in [-0.2, 0) is 0 Å². The lowest BCUT2D eigenvalue weighted by molar-refractivity contribution is 0.102. The molecular weight excluding hydrogens is 260 g/mol. The van der Waals surface area contributed by atoms with Crippen molar-refractivity contribution in [2.75, 3.05) is 17.7 Å². The second-order valence-corrected chi connectivity index (χ2v) is 5.53. The van der Waals surface area contributed by atoms with E-state index in [0.29, 0.717) is 5.56 Å². The Morgan fingerprint density at radius 3 is 2.10 bits per heavy atom. The summed E-state index contributed by atoms with van der Waals surface area (Å²) in [4.78, 5) is 12.5. The molecule has 0 saturated heterocycles. The van der Waals surface area contributed by atoms with Gasteiger partial charge in [0.1, 0.15) is 0 Å². The Hall–Kier alpha value is -2.29. The Bertz CT molecular complexity index is 667. The van der Waals surface area contributed by atoms with Crippen LogP contribution < -0.4 is 10.6 Å². The number of hydrogen-bond donors (Lipinski definition) is 2. The summed E-state index contributed by atoms with van der Waals surface area (Å²) in [5, 5.41) is 6.12. The third-order valence-corrected chi connectivity index (χ3v) is 3.60. The molecule has 2 aromatic carbocycles. The molecule has 0 bridgehead atoms. The molecule has 2 aromatic rings. The van der Waals surface area contributed by atoms with Crippen LogP contribution >= 0.6 is 0 Å².